The molecule has 0 aromatic carbocycles. The minimum atomic E-state index is 0.757. The zero-order valence-corrected chi connectivity index (χ0v) is 10.1. The van der Waals surface area contributed by atoms with Crippen molar-refractivity contribution in [2.24, 2.45) is 13.0 Å². The number of tetrazole rings is 1. The van der Waals surface area contributed by atoms with Crippen LogP contribution in [0, 0.1) is 5.92 Å². The molecule has 16 heavy (non-hydrogen) atoms. The summed E-state index contributed by atoms with van der Waals surface area (Å²) in [5.74, 6) is 1.61. The second-order valence-corrected chi connectivity index (χ2v) is 4.59. The number of piperidine rings is 1. The first-order chi connectivity index (χ1) is 7.75. The molecular weight excluding hydrogens is 204 g/mol. The highest BCUT2D eigenvalue weighted by Crippen LogP contribution is 2.19. The molecule has 0 saturated carbocycles. The largest absolute Gasteiger partial charge is 0.353 e. The third kappa shape index (κ3) is 2.91. The van der Waals surface area contributed by atoms with Crippen molar-refractivity contribution in [3.63, 3.8) is 0 Å². The van der Waals surface area contributed by atoms with Gasteiger partial charge in [-0.2, -0.15) is 0 Å². The van der Waals surface area contributed by atoms with Crippen LogP contribution in [-0.4, -0.2) is 51.8 Å². The second kappa shape index (κ2) is 5.25. The van der Waals surface area contributed by atoms with Crippen molar-refractivity contribution in [2.75, 3.05) is 32.0 Å². The minimum Gasteiger partial charge on any atom is -0.353 e. The van der Waals surface area contributed by atoms with Crippen LogP contribution in [0.15, 0.2) is 0 Å². The fourth-order valence-corrected chi connectivity index (χ4v) is 2.12. The number of likely N-dealkylation sites (tertiary alicyclic amines) is 1. The van der Waals surface area contributed by atoms with E-state index in [1.54, 1.807) is 4.68 Å². The lowest BCUT2D eigenvalue weighted by Crippen LogP contribution is -2.31. The zero-order chi connectivity index (χ0) is 11.4. The number of nitrogens with one attached hydrogen (secondary N) is 1. The smallest absolute Gasteiger partial charge is 0.242 e. The summed E-state index contributed by atoms with van der Waals surface area (Å²) in [5, 5.41) is 14.5. The van der Waals surface area contributed by atoms with Gasteiger partial charge in [-0.1, -0.05) is 5.10 Å². The Kier molecular flexibility index (Phi) is 3.71. The lowest BCUT2D eigenvalue weighted by molar-refractivity contribution is 0.215. The molecule has 90 valence electrons. The molecule has 2 rings (SSSR count). The summed E-state index contributed by atoms with van der Waals surface area (Å²) in [7, 11) is 4.04. The van der Waals surface area contributed by atoms with Crippen molar-refractivity contribution in [3.8, 4) is 0 Å². The Labute approximate surface area is 96.0 Å². The maximum Gasteiger partial charge on any atom is 0.242 e. The van der Waals surface area contributed by atoms with E-state index >= 15 is 0 Å². The van der Waals surface area contributed by atoms with Crippen LogP contribution in [0.4, 0.5) is 5.95 Å². The number of anilines is 1. The number of hydrogen-bond donors (Lipinski definition) is 1. The Bertz CT molecular complexity index is 315. The maximum absolute atomic E-state index is 3.89. The highest BCUT2D eigenvalue weighted by Gasteiger charge is 2.16. The molecule has 0 spiro atoms. The van der Waals surface area contributed by atoms with E-state index in [0.29, 0.717) is 0 Å². The van der Waals surface area contributed by atoms with Crippen LogP contribution in [0.2, 0.25) is 0 Å². The SMILES string of the molecule is CN1CCC(CCNc2nnnn2C)CC1. The van der Waals surface area contributed by atoms with Gasteiger partial charge < -0.3 is 10.2 Å². The Morgan fingerprint density at radius 2 is 2.06 bits per heavy atom. The zero-order valence-electron chi connectivity index (χ0n) is 10.1. The lowest BCUT2D eigenvalue weighted by atomic mass is 9.94. The van der Waals surface area contributed by atoms with Crippen molar-refractivity contribution in [1.29, 1.82) is 0 Å². The monoisotopic (exact) mass is 224 g/mol. The summed E-state index contributed by atoms with van der Waals surface area (Å²) < 4.78 is 1.66. The Morgan fingerprint density at radius 1 is 1.31 bits per heavy atom. The average molecular weight is 224 g/mol. The fourth-order valence-electron chi connectivity index (χ4n) is 2.12. The van der Waals surface area contributed by atoms with Crippen molar-refractivity contribution in [2.45, 2.75) is 19.3 Å². The summed E-state index contributed by atoms with van der Waals surface area (Å²) >= 11 is 0. The van der Waals surface area contributed by atoms with Crippen LogP contribution in [-0.2, 0) is 7.05 Å². The quantitative estimate of drug-likeness (QED) is 0.800. The van der Waals surface area contributed by atoms with Crippen LogP contribution >= 0.6 is 0 Å². The highest BCUT2D eigenvalue weighted by atomic mass is 15.6. The van der Waals surface area contributed by atoms with Crippen molar-refractivity contribution >= 4 is 5.95 Å². The van der Waals surface area contributed by atoms with Gasteiger partial charge in [-0.05, 0) is 55.7 Å². The normalized spacial score (nSPS) is 18.9. The Hall–Kier alpha value is -1.17. The maximum atomic E-state index is 3.89. The molecule has 6 nitrogen and oxygen atoms in total. The molecule has 0 aliphatic carbocycles. The van der Waals surface area contributed by atoms with Gasteiger partial charge in [-0.15, -0.1) is 0 Å². The molecule has 2 heterocycles. The van der Waals surface area contributed by atoms with Gasteiger partial charge in [-0.25, -0.2) is 4.68 Å². The van der Waals surface area contributed by atoms with Gasteiger partial charge in [0.05, 0.1) is 0 Å². The van der Waals surface area contributed by atoms with E-state index in [9.17, 15) is 0 Å². The first kappa shape index (κ1) is 11.3. The molecule has 1 N–H and O–H groups in total. The van der Waals surface area contributed by atoms with E-state index in [2.05, 4.69) is 32.8 Å². The van der Waals surface area contributed by atoms with E-state index in [-0.39, 0.29) is 0 Å². The highest BCUT2D eigenvalue weighted by molar-refractivity contribution is 5.20. The van der Waals surface area contributed by atoms with Gasteiger partial charge in [-0.3, -0.25) is 0 Å². The topological polar surface area (TPSA) is 58.9 Å². The number of aromatic nitrogens is 4. The predicted molar refractivity (Wildman–Crippen MR) is 62.1 cm³/mol. The number of aryl methyl sites for hydroxylation is 1. The second-order valence-electron chi connectivity index (χ2n) is 4.59. The molecule has 0 radical (unpaired) electrons. The molecule has 1 aromatic heterocycles. The Balaban J connectivity index is 1.67. The molecule has 6 heteroatoms. The molecule has 0 unspecified atom stereocenters. The summed E-state index contributed by atoms with van der Waals surface area (Å²) in [6.07, 6.45) is 3.84. The molecule has 1 fully saturated rings. The third-order valence-electron chi connectivity index (χ3n) is 3.29. The van der Waals surface area contributed by atoms with E-state index in [1.807, 2.05) is 7.05 Å². The number of rotatable bonds is 4. The molecule has 1 aromatic rings. The third-order valence-corrected chi connectivity index (χ3v) is 3.29. The van der Waals surface area contributed by atoms with Gasteiger partial charge in [0.15, 0.2) is 0 Å². The standard InChI is InChI=1S/C10H20N6/c1-15-7-4-9(5-8-15)3-6-11-10-12-13-14-16(10)2/h9H,3-8H2,1-2H3,(H,11,12,14). The molecule has 0 atom stereocenters. The van der Waals surface area contributed by atoms with Crippen molar-refractivity contribution < 1.29 is 0 Å². The van der Waals surface area contributed by atoms with E-state index < -0.39 is 0 Å². The van der Waals surface area contributed by atoms with Gasteiger partial charge >= 0.3 is 0 Å². The first-order valence-electron chi connectivity index (χ1n) is 5.90. The van der Waals surface area contributed by atoms with E-state index in [0.717, 1.165) is 18.4 Å². The van der Waals surface area contributed by atoms with E-state index in [1.165, 1.54) is 32.4 Å². The number of nitrogens with zero attached hydrogens (tertiary/aromatic N) is 5. The summed E-state index contributed by atoms with van der Waals surface area (Å²) in [6, 6.07) is 0. The van der Waals surface area contributed by atoms with Crippen molar-refractivity contribution in [3.05, 3.63) is 0 Å². The van der Waals surface area contributed by atoms with Crippen molar-refractivity contribution in [1.82, 2.24) is 25.1 Å². The summed E-state index contributed by atoms with van der Waals surface area (Å²) in [5.41, 5.74) is 0. The van der Waals surface area contributed by atoms with Gasteiger partial charge in [0.25, 0.3) is 0 Å². The predicted octanol–water partition coefficient (Wildman–Crippen LogP) is 0.354. The summed E-state index contributed by atoms with van der Waals surface area (Å²) in [4.78, 5) is 2.40. The van der Waals surface area contributed by atoms with Crippen LogP contribution in [0.1, 0.15) is 19.3 Å². The first-order valence-corrected chi connectivity index (χ1v) is 5.90. The van der Waals surface area contributed by atoms with Gasteiger partial charge in [0.1, 0.15) is 0 Å². The Morgan fingerprint density at radius 3 is 2.69 bits per heavy atom. The van der Waals surface area contributed by atoms with Crippen LogP contribution in [0.3, 0.4) is 0 Å². The summed E-state index contributed by atoms with van der Waals surface area (Å²) in [6.45, 7) is 3.43. The molecule has 0 amide bonds. The van der Waals surface area contributed by atoms with Crippen LogP contribution < -0.4 is 5.32 Å². The van der Waals surface area contributed by atoms with E-state index in [4.69, 9.17) is 0 Å². The van der Waals surface area contributed by atoms with Gasteiger partial charge in [0.2, 0.25) is 5.95 Å². The molecule has 1 aliphatic heterocycles. The minimum absolute atomic E-state index is 0.757. The van der Waals surface area contributed by atoms with Crippen LogP contribution in [0.5, 0.6) is 0 Å². The molecule has 1 aliphatic rings. The molecular formula is C10H20N6. The van der Waals surface area contributed by atoms with Gasteiger partial charge in [0, 0.05) is 13.6 Å². The lowest BCUT2D eigenvalue weighted by Gasteiger charge is -2.28. The van der Waals surface area contributed by atoms with Crippen LogP contribution in [0.25, 0.3) is 0 Å². The molecule has 1 saturated heterocycles. The fraction of sp³-hybridized carbons (Fsp3) is 0.900. The average Bonchev–Trinajstić information content (AvgIpc) is 2.68. The molecule has 0 bridgehead atoms. The number of hydrogen-bond acceptors (Lipinski definition) is 5.